The van der Waals surface area contributed by atoms with Crippen LogP contribution < -0.4 is 5.32 Å². The van der Waals surface area contributed by atoms with Crippen LogP contribution in [0.25, 0.3) is 0 Å². The van der Waals surface area contributed by atoms with Crippen LogP contribution in [0, 0.1) is 0 Å². The third kappa shape index (κ3) is 2.63. The van der Waals surface area contributed by atoms with Crippen molar-refractivity contribution in [1.29, 1.82) is 0 Å². The monoisotopic (exact) mass is 217 g/mol. The fraction of sp³-hybridized carbons (Fsp3) is 0.500. The second kappa shape index (κ2) is 4.69. The summed E-state index contributed by atoms with van der Waals surface area (Å²) in [7, 11) is 0. The van der Waals surface area contributed by atoms with Crippen LogP contribution in [0.1, 0.15) is 54.9 Å². The molecule has 1 unspecified atom stereocenters. The quantitative estimate of drug-likeness (QED) is 0.825. The highest BCUT2D eigenvalue weighted by Gasteiger charge is 2.23. The molecule has 0 saturated heterocycles. The molecule has 1 aromatic rings. The molecule has 0 radical (unpaired) electrons. The van der Waals surface area contributed by atoms with Gasteiger partial charge in [-0.05, 0) is 42.9 Å². The molecule has 0 aliphatic heterocycles. The maximum absolute atomic E-state index is 11.7. The predicted octanol–water partition coefficient (Wildman–Crippen LogP) is 3.09. The van der Waals surface area contributed by atoms with Gasteiger partial charge < -0.3 is 5.32 Å². The van der Waals surface area contributed by atoms with Crippen molar-refractivity contribution in [3.05, 3.63) is 35.4 Å². The van der Waals surface area contributed by atoms with E-state index in [1.165, 1.54) is 5.56 Å². The van der Waals surface area contributed by atoms with Crippen molar-refractivity contribution >= 4 is 5.91 Å². The third-order valence-electron chi connectivity index (χ3n) is 3.27. The zero-order valence-corrected chi connectivity index (χ0v) is 9.99. The Kier molecular flexibility index (Phi) is 3.28. The Labute approximate surface area is 97.1 Å². The zero-order chi connectivity index (χ0) is 11.5. The van der Waals surface area contributed by atoms with Crippen LogP contribution >= 0.6 is 0 Å². The van der Waals surface area contributed by atoms with Crippen molar-refractivity contribution in [3.63, 3.8) is 0 Å². The topological polar surface area (TPSA) is 29.1 Å². The van der Waals surface area contributed by atoms with Crippen LogP contribution in [0.3, 0.4) is 0 Å². The standard InChI is InChI=1S/C14H19NO/c1-3-10(2)11-4-6-12(7-5-11)14(16)15-13-8-9-13/h4-7,10,13H,3,8-9H2,1-2H3,(H,15,16). The molecule has 1 aliphatic carbocycles. The summed E-state index contributed by atoms with van der Waals surface area (Å²) in [5, 5.41) is 2.99. The van der Waals surface area contributed by atoms with Crippen molar-refractivity contribution in [2.75, 3.05) is 0 Å². The molecule has 2 nitrogen and oxygen atoms in total. The molecule has 2 heteroatoms. The SMILES string of the molecule is CCC(C)c1ccc(C(=O)NC2CC2)cc1. The minimum absolute atomic E-state index is 0.0678. The normalized spacial score (nSPS) is 16.9. The smallest absolute Gasteiger partial charge is 0.251 e. The van der Waals surface area contributed by atoms with E-state index in [0.29, 0.717) is 12.0 Å². The van der Waals surface area contributed by atoms with Crippen LogP contribution in [0.15, 0.2) is 24.3 Å². The van der Waals surface area contributed by atoms with Gasteiger partial charge in [-0.2, -0.15) is 0 Å². The highest BCUT2D eigenvalue weighted by atomic mass is 16.1. The highest BCUT2D eigenvalue weighted by molar-refractivity contribution is 5.94. The number of carbonyl (C=O) groups is 1. The minimum Gasteiger partial charge on any atom is -0.349 e. The third-order valence-corrected chi connectivity index (χ3v) is 3.27. The molecular formula is C14H19NO. The molecule has 1 aromatic carbocycles. The average molecular weight is 217 g/mol. The molecule has 1 N–H and O–H groups in total. The molecule has 2 rings (SSSR count). The molecule has 1 saturated carbocycles. The van der Waals surface area contributed by atoms with E-state index in [-0.39, 0.29) is 5.91 Å². The molecule has 0 spiro atoms. The Morgan fingerprint density at radius 3 is 2.50 bits per heavy atom. The largest absolute Gasteiger partial charge is 0.349 e. The number of carbonyl (C=O) groups excluding carboxylic acids is 1. The molecule has 1 atom stereocenters. The summed E-state index contributed by atoms with van der Waals surface area (Å²) in [6.45, 7) is 4.39. The Bertz CT molecular complexity index is 365. The molecule has 86 valence electrons. The summed E-state index contributed by atoms with van der Waals surface area (Å²) in [5.74, 6) is 0.638. The van der Waals surface area contributed by atoms with Crippen LogP contribution in [0.5, 0.6) is 0 Å². The van der Waals surface area contributed by atoms with E-state index >= 15 is 0 Å². The van der Waals surface area contributed by atoms with Gasteiger partial charge >= 0.3 is 0 Å². The van der Waals surface area contributed by atoms with E-state index in [1.54, 1.807) is 0 Å². The van der Waals surface area contributed by atoms with Crippen LogP contribution in [0.4, 0.5) is 0 Å². The zero-order valence-electron chi connectivity index (χ0n) is 9.99. The van der Waals surface area contributed by atoms with Crippen molar-refractivity contribution in [3.8, 4) is 0 Å². The van der Waals surface area contributed by atoms with Crippen LogP contribution in [-0.2, 0) is 0 Å². The molecule has 1 amide bonds. The number of benzene rings is 1. The molecule has 0 bridgehead atoms. The summed E-state index contributed by atoms with van der Waals surface area (Å²) in [6, 6.07) is 8.42. The Morgan fingerprint density at radius 2 is 2.00 bits per heavy atom. The van der Waals surface area contributed by atoms with Crippen molar-refractivity contribution in [2.24, 2.45) is 0 Å². The van der Waals surface area contributed by atoms with Gasteiger partial charge in [-0.15, -0.1) is 0 Å². The van der Waals surface area contributed by atoms with E-state index in [4.69, 9.17) is 0 Å². The van der Waals surface area contributed by atoms with Crippen molar-refractivity contribution in [2.45, 2.75) is 45.1 Å². The van der Waals surface area contributed by atoms with Gasteiger partial charge in [-0.3, -0.25) is 4.79 Å². The second-order valence-corrected chi connectivity index (χ2v) is 4.68. The van der Waals surface area contributed by atoms with E-state index < -0.39 is 0 Å². The first-order valence-corrected chi connectivity index (χ1v) is 6.11. The number of rotatable bonds is 4. The summed E-state index contributed by atoms with van der Waals surface area (Å²) >= 11 is 0. The van der Waals surface area contributed by atoms with Crippen LogP contribution in [-0.4, -0.2) is 11.9 Å². The molecule has 1 aliphatic rings. The first-order chi connectivity index (χ1) is 7.70. The lowest BCUT2D eigenvalue weighted by molar-refractivity contribution is 0.0951. The first-order valence-electron chi connectivity index (χ1n) is 6.11. The number of hydrogen-bond donors (Lipinski definition) is 1. The predicted molar refractivity (Wildman–Crippen MR) is 65.6 cm³/mol. The maximum atomic E-state index is 11.7. The number of amides is 1. The lowest BCUT2D eigenvalue weighted by Gasteiger charge is -2.09. The van der Waals surface area contributed by atoms with Gasteiger partial charge in [0, 0.05) is 11.6 Å². The van der Waals surface area contributed by atoms with E-state index in [2.05, 4.69) is 31.3 Å². The van der Waals surface area contributed by atoms with Gasteiger partial charge in [-0.25, -0.2) is 0 Å². The minimum atomic E-state index is 0.0678. The summed E-state index contributed by atoms with van der Waals surface area (Å²) in [5.41, 5.74) is 2.09. The van der Waals surface area contributed by atoms with Gasteiger partial charge in [0.15, 0.2) is 0 Å². The van der Waals surface area contributed by atoms with Crippen molar-refractivity contribution < 1.29 is 4.79 Å². The molecular weight excluding hydrogens is 198 g/mol. The van der Waals surface area contributed by atoms with Crippen molar-refractivity contribution in [1.82, 2.24) is 5.32 Å². The van der Waals surface area contributed by atoms with Gasteiger partial charge in [0.2, 0.25) is 0 Å². The maximum Gasteiger partial charge on any atom is 0.251 e. The molecule has 0 aromatic heterocycles. The Morgan fingerprint density at radius 1 is 1.38 bits per heavy atom. The first kappa shape index (κ1) is 11.2. The van der Waals surface area contributed by atoms with Gasteiger partial charge in [0.25, 0.3) is 5.91 Å². The Balaban J connectivity index is 2.02. The molecule has 1 fully saturated rings. The van der Waals surface area contributed by atoms with E-state index in [9.17, 15) is 4.79 Å². The van der Waals surface area contributed by atoms with Gasteiger partial charge in [0.05, 0.1) is 0 Å². The van der Waals surface area contributed by atoms with Gasteiger partial charge in [0.1, 0.15) is 0 Å². The molecule has 16 heavy (non-hydrogen) atoms. The van der Waals surface area contributed by atoms with E-state index in [1.807, 2.05) is 12.1 Å². The second-order valence-electron chi connectivity index (χ2n) is 4.68. The summed E-state index contributed by atoms with van der Waals surface area (Å²) < 4.78 is 0. The lowest BCUT2D eigenvalue weighted by Crippen LogP contribution is -2.25. The Hall–Kier alpha value is -1.31. The average Bonchev–Trinajstić information content (AvgIpc) is 3.12. The number of hydrogen-bond acceptors (Lipinski definition) is 1. The highest BCUT2D eigenvalue weighted by Crippen LogP contribution is 2.21. The number of nitrogens with one attached hydrogen (secondary N) is 1. The van der Waals surface area contributed by atoms with Crippen LogP contribution in [0.2, 0.25) is 0 Å². The van der Waals surface area contributed by atoms with E-state index in [0.717, 1.165) is 24.8 Å². The fourth-order valence-electron chi connectivity index (χ4n) is 1.70. The van der Waals surface area contributed by atoms with Gasteiger partial charge in [-0.1, -0.05) is 26.0 Å². The lowest BCUT2D eigenvalue weighted by atomic mass is 9.97. The summed E-state index contributed by atoms with van der Waals surface area (Å²) in [4.78, 5) is 11.7. The summed E-state index contributed by atoms with van der Waals surface area (Å²) in [6.07, 6.45) is 3.40. The molecule has 0 heterocycles. The fourth-order valence-corrected chi connectivity index (χ4v) is 1.70.